The Morgan fingerprint density at radius 1 is 0.705 bits per heavy atom. The molecule has 0 N–H and O–H groups in total. The van der Waals surface area contributed by atoms with Crippen LogP contribution in [-0.4, -0.2) is 42.6 Å². The highest BCUT2D eigenvalue weighted by Crippen LogP contribution is 2.43. The van der Waals surface area contributed by atoms with Crippen LogP contribution in [0.4, 0.5) is 0 Å². The molecule has 1 fully saturated rings. The van der Waals surface area contributed by atoms with E-state index in [2.05, 4.69) is 55.5 Å². The second-order valence-electron chi connectivity index (χ2n) is 12.0. The minimum Gasteiger partial charge on any atom is -0.374 e. The molecule has 0 radical (unpaired) electrons. The van der Waals surface area contributed by atoms with Gasteiger partial charge in [0.2, 0.25) is 0 Å². The molecule has 230 valence electrons. The number of thioether (sulfide) groups is 1. The lowest BCUT2D eigenvalue weighted by molar-refractivity contribution is -0.231. The molecule has 4 aromatic carbocycles. The predicted molar refractivity (Wildman–Crippen MR) is 175 cm³/mol. The van der Waals surface area contributed by atoms with Crippen LogP contribution in [0.2, 0.25) is 0 Å². The van der Waals surface area contributed by atoms with Crippen LogP contribution in [0, 0.1) is 12.3 Å². The van der Waals surface area contributed by atoms with E-state index in [0.717, 1.165) is 27.9 Å². The molecule has 1 saturated heterocycles. The Morgan fingerprint density at radius 2 is 1.20 bits per heavy atom. The molecular formula is C38H42O5S. The number of aldehydes is 1. The number of carbonyl (C=O) groups excluding carboxylic acids is 1. The van der Waals surface area contributed by atoms with Crippen molar-refractivity contribution in [1.29, 1.82) is 0 Å². The first-order chi connectivity index (χ1) is 21.4. The second-order valence-corrected chi connectivity index (χ2v) is 13.2. The van der Waals surface area contributed by atoms with E-state index < -0.39 is 29.8 Å². The van der Waals surface area contributed by atoms with Crippen molar-refractivity contribution in [2.45, 2.75) is 75.2 Å². The van der Waals surface area contributed by atoms with Crippen molar-refractivity contribution in [3.63, 3.8) is 0 Å². The third-order valence-corrected chi connectivity index (χ3v) is 9.26. The van der Waals surface area contributed by atoms with Crippen molar-refractivity contribution in [1.82, 2.24) is 0 Å². The van der Waals surface area contributed by atoms with Crippen LogP contribution >= 0.6 is 11.8 Å². The minimum absolute atomic E-state index is 0.229. The summed E-state index contributed by atoms with van der Waals surface area (Å²) in [5.74, 6) is 0. The smallest absolute Gasteiger partial charge is 0.128 e. The highest BCUT2D eigenvalue weighted by molar-refractivity contribution is 8.00. The Balaban J connectivity index is 1.49. The van der Waals surface area contributed by atoms with Crippen molar-refractivity contribution in [3.8, 4) is 0 Å². The Bertz CT molecular complexity index is 1410. The number of rotatable bonds is 14. The van der Waals surface area contributed by atoms with E-state index in [0.29, 0.717) is 26.4 Å². The lowest BCUT2D eigenvalue weighted by Crippen LogP contribution is -2.62. The van der Waals surface area contributed by atoms with Gasteiger partial charge in [0.1, 0.15) is 24.6 Å². The van der Waals surface area contributed by atoms with Crippen LogP contribution in [-0.2, 0) is 43.6 Å². The maximum absolute atomic E-state index is 12.6. The fourth-order valence-corrected chi connectivity index (χ4v) is 6.92. The Labute approximate surface area is 265 Å². The topological polar surface area (TPSA) is 54.0 Å². The SMILES string of the molecule is Cc1ccc(S[C@@H]2[C@@H](OCc3ccccc3)[C@H](OCc3ccccc3)[C@@H](COCc3ccccc3)O[C@H]2C(C)(C)C=O)cc1. The van der Waals surface area contributed by atoms with Crippen molar-refractivity contribution < 1.29 is 23.7 Å². The number of hydrogen-bond donors (Lipinski definition) is 0. The molecule has 0 spiro atoms. The summed E-state index contributed by atoms with van der Waals surface area (Å²) in [6.45, 7) is 7.52. The van der Waals surface area contributed by atoms with Crippen LogP contribution in [0.3, 0.4) is 0 Å². The number of benzene rings is 4. The standard InChI is InChI=1S/C38H42O5S/c1-28-19-21-32(22-20-28)44-36-35(42-25-31-17-11-6-12-18-31)34(41-24-30-15-9-5-10-16-30)33(43-37(36)38(2,3)27-39)26-40-23-29-13-7-4-8-14-29/h4-22,27,33-37H,23-26H2,1-3H3/t33-,34-,35+,36-,37-/m1/s1. The Kier molecular flexibility index (Phi) is 11.4. The molecule has 1 heterocycles. The lowest BCUT2D eigenvalue weighted by Gasteiger charge is -2.49. The van der Waals surface area contributed by atoms with Gasteiger partial charge in [-0.1, -0.05) is 123 Å². The van der Waals surface area contributed by atoms with E-state index in [-0.39, 0.29) is 5.25 Å². The van der Waals surface area contributed by atoms with Crippen molar-refractivity contribution in [2.75, 3.05) is 6.61 Å². The molecule has 4 aromatic rings. The van der Waals surface area contributed by atoms with Crippen molar-refractivity contribution in [2.24, 2.45) is 5.41 Å². The van der Waals surface area contributed by atoms with Crippen molar-refractivity contribution in [3.05, 3.63) is 138 Å². The molecule has 0 saturated carbocycles. The molecule has 5 atom stereocenters. The van der Waals surface area contributed by atoms with Crippen molar-refractivity contribution >= 4 is 18.0 Å². The van der Waals surface area contributed by atoms with Crippen LogP contribution < -0.4 is 0 Å². The molecule has 1 aliphatic heterocycles. The fraction of sp³-hybridized carbons (Fsp3) is 0.342. The molecule has 44 heavy (non-hydrogen) atoms. The van der Waals surface area contributed by atoms with Gasteiger partial charge in [-0.15, -0.1) is 11.8 Å². The highest BCUT2D eigenvalue weighted by atomic mass is 32.2. The largest absolute Gasteiger partial charge is 0.374 e. The summed E-state index contributed by atoms with van der Waals surface area (Å²) in [5.41, 5.74) is 3.63. The second kappa shape index (κ2) is 15.6. The molecule has 0 amide bonds. The molecular weight excluding hydrogens is 568 g/mol. The van der Waals surface area contributed by atoms with E-state index in [1.54, 1.807) is 11.8 Å². The van der Waals surface area contributed by atoms with Gasteiger partial charge >= 0.3 is 0 Å². The number of hydrogen-bond acceptors (Lipinski definition) is 6. The zero-order valence-electron chi connectivity index (χ0n) is 25.7. The van der Waals surface area contributed by atoms with Gasteiger partial charge in [-0.3, -0.25) is 0 Å². The average Bonchev–Trinajstić information content (AvgIpc) is 3.06. The molecule has 0 aromatic heterocycles. The summed E-state index contributed by atoms with van der Waals surface area (Å²) in [6, 6.07) is 38.8. The quantitative estimate of drug-likeness (QED) is 0.136. The van der Waals surface area contributed by atoms with Crippen LogP contribution in [0.25, 0.3) is 0 Å². The van der Waals surface area contributed by atoms with Gasteiger partial charge in [0.15, 0.2) is 0 Å². The van der Waals surface area contributed by atoms with Gasteiger partial charge < -0.3 is 23.7 Å². The molecule has 1 aliphatic rings. The van der Waals surface area contributed by atoms with E-state index in [1.165, 1.54) is 5.56 Å². The van der Waals surface area contributed by atoms with Crippen LogP contribution in [0.1, 0.15) is 36.1 Å². The average molecular weight is 611 g/mol. The van der Waals surface area contributed by atoms with Gasteiger partial charge in [-0.25, -0.2) is 0 Å². The normalized spacial score (nSPS) is 22.0. The van der Waals surface area contributed by atoms with E-state index >= 15 is 0 Å². The first-order valence-corrected chi connectivity index (χ1v) is 16.1. The third-order valence-electron chi connectivity index (χ3n) is 7.93. The van der Waals surface area contributed by atoms with Gasteiger partial charge in [0.05, 0.1) is 37.8 Å². The van der Waals surface area contributed by atoms with E-state index in [9.17, 15) is 4.79 Å². The zero-order chi connectivity index (χ0) is 30.8. The molecule has 5 nitrogen and oxygen atoms in total. The van der Waals surface area contributed by atoms with Gasteiger partial charge in [0, 0.05) is 10.3 Å². The first kappa shape index (κ1) is 32.1. The minimum atomic E-state index is -0.779. The number of aryl methyl sites for hydroxylation is 1. The Morgan fingerprint density at radius 3 is 1.73 bits per heavy atom. The van der Waals surface area contributed by atoms with Gasteiger partial charge in [-0.05, 0) is 35.7 Å². The van der Waals surface area contributed by atoms with Gasteiger partial charge in [0.25, 0.3) is 0 Å². The van der Waals surface area contributed by atoms with E-state index in [1.807, 2.05) is 80.6 Å². The molecule has 0 unspecified atom stereocenters. The maximum atomic E-state index is 12.6. The molecule has 6 heteroatoms. The van der Waals surface area contributed by atoms with Crippen LogP contribution in [0.15, 0.2) is 120 Å². The lowest BCUT2D eigenvalue weighted by atomic mass is 9.81. The fourth-order valence-electron chi connectivity index (χ4n) is 5.41. The van der Waals surface area contributed by atoms with Gasteiger partial charge in [-0.2, -0.15) is 0 Å². The van der Waals surface area contributed by atoms with E-state index in [4.69, 9.17) is 18.9 Å². The maximum Gasteiger partial charge on any atom is 0.128 e. The number of carbonyl (C=O) groups is 1. The summed E-state index contributed by atoms with van der Waals surface area (Å²) in [5, 5.41) is -0.229. The summed E-state index contributed by atoms with van der Waals surface area (Å²) >= 11 is 1.69. The highest BCUT2D eigenvalue weighted by Gasteiger charge is 2.52. The molecule has 0 aliphatic carbocycles. The number of ether oxygens (including phenoxy) is 4. The summed E-state index contributed by atoms with van der Waals surface area (Å²) < 4.78 is 26.7. The summed E-state index contributed by atoms with van der Waals surface area (Å²) in [7, 11) is 0. The first-order valence-electron chi connectivity index (χ1n) is 15.2. The summed E-state index contributed by atoms with van der Waals surface area (Å²) in [6.07, 6.45) is -0.747. The zero-order valence-corrected chi connectivity index (χ0v) is 26.5. The molecule has 5 rings (SSSR count). The molecule has 0 bridgehead atoms. The summed E-state index contributed by atoms with van der Waals surface area (Å²) in [4.78, 5) is 13.6. The monoisotopic (exact) mass is 610 g/mol. The Hall–Kier alpha value is -3.26. The third kappa shape index (κ3) is 8.68. The van der Waals surface area contributed by atoms with Crippen LogP contribution in [0.5, 0.6) is 0 Å². The predicted octanol–water partition coefficient (Wildman–Crippen LogP) is 7.84.